The molecule has 0 aliphatic rings. The molecule has 1 heterocycles. The molecule has 0 spiro atoms. The summed E-state index contributed by atoms with van der Waals surface area (Å²) < 4.78 is 0.575. The number of unbranched alkanes of at least 4 members (excludes halogenated alkanes) is 1. The Hall–Kier alpha value is -0.750. The van der Waals surface area contributed by atoms with Crippen molar-refractivity contribution in [1.82, 2.24) is 10.2 Å². The Kier molecular flexibility index (Phi) is 4.04. The third-order valence-electron chi connectivity index (χ3n) is 1.44. The average Bonchev–Trinajstić information content (AvgIpc) is 2.48. The van der Waals surface area contributed by atoms with E-state index >= 15 is 0 Å². The molecule has 6 heteroatoms. The van der Waals surface area contributed by atoms with Crippen molar-refractivity contribution in [2.24, 2.45) is 0 Å². The first-order valence-corrected chi connectivity index (χ1v) is 5.30. The van der Waals surface area contributed by atoms with Crippen LogP contribution in [-0.2, 0) is 4.79 Å². The van der Waals surface area contributed by atoms with E-state index in [9.17, 15) is 4.79 Å². The van der Waals surface area contributed by atoms with E-state index in [-0.39, 0.29) is 5.91 Å². The molecular formula is C7H11N3OS2. The molecule has 0 fully saturated rings. The van der Waals surface area contributed by atoms with Gasteiger partial charge in [-0.25, -0.2) is 0 Å². The van der Waals surface area contributed by atoms with Crippen LogP contribution in [0.5, 0.6) is 0 Å². The molecule has 0 unspecified atom stereocenters. The summed E-state index contributed by atoms with van der Waals surface area (Å²) in [6.45, 7) is 2.05. The molecule has 0 bridgehead atoms. The van der Waals surface area contributed by atoms with E-state index in [2.05, 4.69) is 15.5 Å². The van der Waals surface area contributed by atoms with Gasteiger partial charge in [-0.1, -0.05) is 24.7 Å². The molecule has 72 valence electrons. The normalized spacial score (nSPS) is 9.92. The molecule has 0 saturated heterocycles. The molecular weight excluding hydrogens is 206 g/mol. The lowest BCUT2D eigenvalue weighted by atomic mass is 10.2. The molecule has 1 rings (SSSR count). The smallest absolute Gasteiger partial charge is 0.226 e. The van der Waals surface area contributed by atoms with Gasteiger partial charge in [0.15, 0.2) is 3.95 Å². The summed E-state index contributed by atoms with van der Waals surface area (Å²) in [6, 6.07) is 0. The molecule has 0 aliphatic carbocycles. The Morgan fingerprint density at radius 3 is 3.08 bits per heavy atom. The number of aromatic amines is 1. The summed E-state index contributed by atoms with van der Waals surface area (Å²) in [5, 5.41) is 9.64. The quantitative estimate of drug-likeness (QED) is 0.761. The lowest BCUT2D eigenvalue weighted by Gasteiger charge is -1.98. The fraction of sp³-hybridized carbons (Fsp3) is 0.571. The van der Waals surface area contributed by atoms with Crippen LogP contribution in [0, 0.1) is 3.95 Å². The van der Waals surface area contributed by atoms with Crippen LogP contribution in [0.3, 0.4) is 0 Å². The number of anilines is 1. The maximum Gasteiger partial charge on any atom is 0.226 e. The fourth-order valence-electron chi connectivity index (χ4n) is 0.802. The second-order valence-corrected chi connectivity index (χ2v) is 4.24. The number of carbonyl (C=O) groups excluding carboxylic acids is 1. The molecule has 4 nitrogen and oxygen atoms in total. The maximum atomic E-state index is 11.2. The number of hydrogen-bond acceptors (Lipinski definition) is 4. The van der Waals surface area contributed by atoms with Gasteiger partial charge in [-0.3, -0.25) is 9.89 Å². The summed E-state index contributed by atoms with van der Waals surface area (Å²) in [5.74, 6) is -0.000370. The predicted molar refractivity (Wildman–Crippen MR) is 55.5 cm³/mol. The summed E-state index contributed by atoms with van der Waals surface area (Å²) in [6.07, 6.45) is 2.47. The zero-order chi connectivity index (χ0) is 9.68. The van der Waals surface area contributed by atoms with Crippen molar-refractivity contribution in [3.63, 3.8) is 0 Å². The lowest BCUT2D eigenvalue weighted by molar-refractivity contribution is -0.116. The number of rotatable bonds is 4. The minimum absolute atomic E-state index is 0.000370. The summed E-state index contributed by atoms with van der Waals surface area (Å²) in [7, 11) is 0. The molecule has 0 atom stereocenters. The van der Waals surface area contributed by atoms with Gasteiger partial charge in [0.2, 0.25) is 11.0 Å². The first-order valence-electron chi connectivity index (χ1n) is 4.07. The molecule has 2 N–H and O–H groups in total. The molecule has 0 aliphatic heterocycles. The zero-order valence-electron chi connectivity index (χ0n) is 7.29. The summed E-state index contributed by atoms with van der Waals surface area (Å²) >= 11 is 6.09. The van der Waals surface area contributed by atoms with Gasteiger partial charge in [0.1, 0.15) is 0 Å². The Labute approximate surface area is 85.4 Å². The van der Waals surface area contributed by atoms with Crippen molar-refractivity contribution in [2.75, 3.05) is 5.32 Å². The second kappa shape index (κ2) is 5.08. The van der Waals surface area contributed by atoms with Crippen LogP contribution in [0.1, 0.15) is 26.2 Å². The number of amides is 1. The molecule has 1 aromatic rings. The molecule has 0 saturated carbocycles. The third-order valence-corrected chi connectivity index (χ3v) is 2.45. The number of H-pyrrole nitrogens is 1. The first kappa shape index (κ1) is 10.3. The van der Waals surface area contributed by atoms with Gasteiger partial charge >= 0.3 is 0 Å². The van der Waals surface area contributed by atoms with Crippen molar-refractivity contribution in [3.8, 4) is 0 Å². The van der Waals surface area contributed by atoms with Gasteiger partial charge in [0.25, 0.3) is 0 Å². The Morgan fingerprint density at radius 2 is 2.54 bits per heavy atom. The summed E-state index contributed by atoms with van der Waals surface area (Å²) in [5.41, 5.74) is 0. The van der Waals surface area contributed by atoms with Gasteiger partial charge in [0.05, 0.1) is 0 Å². The Morgan fingerprint density at radius 1 is 1.77 bits per heavy atom. The lowest BCUT2D eigenvalue weighted by Crippen LogP contribution is -2.10. The van der Waals surface area contributed by atoms with Gasteiger partial charge in [0, 0.05) is 6.42 Å². The van der Waals surface area contributed by atoms with Gasteiger partial charge < -0.3 is 5.32 Å². The number of hydrogen-bond donors (Lipinski definition) is 2. The second-order valence-electron chi connectivity index (χ2n) is 2.57. The van der Waals surface area contributed by atoms with Crippen LogP contribution in [0.15, 0.2) is 0 Å². The number of nitrogens with one attached hydrogen (secondary N) is 2. The minimum atomic E-state index is -0.000370. The molecule has 1 aromatic heterocycles. The van der Waals surface area contributed by atoms with Crippen LogP contribution in [0.25, 0.3) is 0 Å². The van der Waals surface area contributed by atoms with E-state index in [4.69, 9.17) is 12.2 Å². The monoisotopic (exact) mass is 217 g/mol. The Bertz CT molecular complexity index is 330. The molecule has 0 aromatic carbocycles. The van der Waals surface area contributed by atoms with Crippen molar-refractivity contribution in [2.45, 2.75) is 26.2 Å². The average molecular weight is 217 g/mol. The fourth-order valence-corrected chi connectivity index (χ4v) is 1.61. The Balaban J connectivity index is 2.41. The highest BCUT2D eigenvalue weighted by Gasteiger charge is 2.03. The standard InChI is InChI=1S/C7H11N3OS2/c1-2-3-4-5(11)8-6-9-10-7(12)13-6/h2-4H2,1H3,(H,10,12)(H,8,9,11). The van der Waals surface area contributed by atoms with E-state index in [0.717, 1.165) is 12.8 Å². The van der Waals surface area contributed by atoms with Gasteiger partial charge in [-0.15, -0.1) is 5.10 Å². The van der Waals surface area contributed by atoms with E-state index in [1.165, 1.54) is 11.3 Å². The summed E-state index contributed by atoms with van der Waals surface area (Å²) in [4.78, 5) is 11.2. The zero-order valence-corrected chi connectivity index (χ0v) is 8.93. The van der Waals surface area contributed by atoms with E-state index < -0.39 is 0 Å². The largest absolute Gasteiger partial charge is 0.301 e. The first-order chi connectivity index (χ1) is 6.22. The predicted octanol–water partition coefficient (Wildman–Crippen LogP) is 2.33. The third kappa shape index (κ3) is 3.65. The highest BCUT2D eigenvalue weighted by molar-refractivity contribution is 7.73. The van der Waals surface area contributed by atoms with Gasteiger partial charge in [-0.2, -0.15) is 0 Å². The van der Waals surface area contributed by atoms with Crippen LogP contribution in [-0.4, -0.2) is 16.1 Å². The van der Waals surface area contributed by atoms with Crippen molar-refractivity contribution in [1.29, 1.82) is 0 Å². The van der Waals surface area contributed by atoms with Crippen LogP contribution >= 0.6 is 23.6 Å². The van der Waals surface area contributed by atoms with Crippen LogP contribution in [0.4, 0.5) is 5.13 Å². The molecule has 1 amide bonds. The highest BCUT2D eigenvalue weighted by Crippen LogP contribution is 2.11. The van der Waals surface area contributed by atoms with Crippen LogP contribution < -0.4 is 5.32 Å². The number of nitrogens with zero attached hydrogens (tertiary/aromatic N) is 1. The maximum absolute atomic E-state index is 11.2. The van der Waals surface area contributed by atoms with Crippen molar-refractivity contribution < 1.29 is 4.79 Å². The van der Waals surface area contributed by atoms with Crippen molar-refractivity contribution >= 4 is 34.6 Å². The van der Waals surface area contributed by atoms with Gasteiger partial charge in [-0.05, 0) is 18.6 Å². The number of aromatic nitrogens is 2. The van der Waals surface area contributed by atoms with E-state index in [0.29, 0.717) is 15.5 Å². The topological polar surface area (TPSA) is 57.8 Å². The number of carbonyl (C=O) groups is 1. The van der Waals surface area contributed by atoms with Crippen molar-refractivity contribution in [3.05, 3.63) is 3.95 Å². The highest BCUT2D eigenvalue weighted by atomic mass is 32.1. The van der Waals surface area contributed by atoms with E-state index in [1.807, 2.05) is 6.92 Å². The molecule has 0 radical (unpaired) electrons. The minimum Gasteiger partial charge on any atom is -0.301 e. The SMILES string of the molecule is CCCCC(=O)Nc1n[nH]c(=S)s1. The van der Waals surface area contributed by atoms with E-state index in [1.54, 1.807) is 0 Å². The molecule has 13 heavy (non-hydrogen) atoms. The van der Waals surface area contributed by atoms with Crippen LogP contribution in [0.2, 0.25) is 0 Å².